The predicted octanol–water partition coefficient (Wildman–Crippen LogP) is 0.0730. The van der Waals surface area contributed by atoms with Gasteiger partial charge in [0.25, 0.3) is 0 Å². The number of nitrogens with zero attached hydrogens (tertiary/aromatic N) is 3. The van der Waals surface area contributed by atoms with Gasteiger partial charge >= 0.3 is 0 Å². The van der Waals surface area contributed by atoms with E-state index in [1.165, 1.54) is 4.90 Å². The Morgan fingerprint density at radius 1 is 1.17 bits per heavy atom. The van der Waals surface area contributed by atoms with Crippen LogP contribution in [0.3, 0.4) is 0 Å². The van der Waals surface area contributed by atoms with Gasteiger partial charge < -0.3 is 14.5 Å². The van der Waals surface area contributed by atoms with Gasteiger partial charge in [-0.2, -0.15) is 0 Å². The van der Waals surface area contributed by atoms with Crippen molar-refractivity contribution >= 4 is 11.7 Å². The Morgan fingerprint density at radius 3 is 2.43 bits per heavy atom. The van der Waals surface area contributed by atoms with Crippen LogP contribution in [0.1, 0.15) is 10.4 Å². The molecule has 1 aromatic carbocycles. The lowest BCUT2D eigenvalue weighted by molar-refractivity contribution is -0.892. The topological polar surface area (TPSA) is 59.8 Å². The molecule has 0 amide bonds. The number of quaternary nitrogens is 1. The van der Waals surface area contributed by atoms with Gasteiger partial charge in [0.1, 0.15) is 12.3 Å². The quantitative estimate of drug-likeness (QED) is 0.792. The molecule has 2 heterocycles. The first-order valence-electron chi connectivity index (χ1n) is 7.79. The number of Topliss-reactive ketones (excluding diaryl/α,β-unsaturated/α-hetero) is 1. The van der Waals surface area contributed by atoms with E-state index in [1.54, 1.807) is 19.5 Å². The molecule has 1 aliphatic rings. The smallest absolute Gasteiger partial charge is 0.225 e. The predicted molar refractivity (Wildman–Crippen MR) is 87.1 cm³/mol. The van der Waals surface area contributed by atoms with Crippen LogP contribution in [0.15, 0.2) is 42.7 Å². The molecule has 3 rings (SSSR count). The number of aromatic nitrogens is 2. The molecule has 1 aliphatic heterocycles. The minimum absolute atomic E-state index is 0.173. The molecule has 0 saturated carbocycles. The van der Waals surface area contributed by atoms with Crippen LogP contribution in [0.25, 0.3) is 0 Å². The Labute approximate surface area is 135 Å². The zero-order valence-corrected chi connectivity index (χ0v) is 13.2. The van der Waals surface area contributed by atoms with Crippen molar-refractivity contribution in [3.05, 3.63) is 48.3 Å². The van der Waals surface area contributed by atoms with Gasteiger partial charge in [0, 0.05) is 18.0 Å². The minimum Gasteiger partial charge on any atom is -0.497 e. The maximum Gasteiger partial charge on any atom is 0.225 e. The van der Waals surface area contributed by atoms with Crippen molar-refractivity contribution in [2.45, 2.75) is 0 Å². The first-order valence-corrected chi connectivity index (χ1v) is 7.79. The highest BCUT2D eigenvalue weighted by Gasteiger charge is 2.23. The molecule has 1 saturated heterocycles. The van der Waals surface area contributed by atoms with Crippen LogP contribution in [0, 0.1) is 0 Å². The largest absolute Gasteiger partial charge is 0.497 e. The monoisotopic (exact) mass is 313 g/mol. The number of ketones is 1. The molecule has 0 bridgehead atoms. The Morgan fingerprint density at radius 2 is 1.83 bits per heavy atom. The van der Waals surface area contributed by atoms with Gasteiger partial charge in [-0.25, -0.2) is 9.97 Å². The van der Waals surface area contributed by atoms with Crippen LogP contribution in [0.5, 0.6) is 5.75 Å². The number of methoxy groups -OCH3 is 1. The van der Waals surface area contributed by atoms with Gasteiger partial charge in [-0.1, -0.05) is 0 Å². The molecule has 0 atom stereocenters. The second-order valence-electron chi connectivity index (χ2n) is 5.61. The number of nitrogens with one attached hydrogen (secondary N) is 1. The highest BCUT2D eigenvalue weighted by Crippen LogP contribution is 2.11. The third-order valence-corrected chi connectivity index (χ3v) is 4.13. The zero-order chi connectivity index (χ0) is 16.1. The highest BCUT2D eigenvalue weighted by atomic mass is 16.5. The Hall–Kier alpha value is -2.47. The van der Waals surface area contributed by atoms with Gasteiger partial charge in [-0.15, -0.1) is 0 Å². The van der Waals surface area contributed by atoms with E-state index in [1.807, 2.05) is 30.3 Å². The summed E-state index contributed by atoms with van der Waals surface area (Å²) >= 11 is 0. The number of benzene rings is 1. The number of hydrogen-bond donors (Lipinski definition) is 1. The van der Waals surface area contributed by atoms with Crippen molar-refractivity contribution in [2.75, 3.05) is 44.7 Å². The van der Waals surface area contributed by atoms with Gasteiger partial charge in [-0.3, -0.25) is 4.79 Å². The zero-order valence-electron chi connectivity index (χ0n) is 13.2. The van der Waals surface area contributed by atoms with Gasteiger partial charge in [-0.05, 0) is 30.3 Å². The van der Waals surface area contributed by atoms with Crippen LogP contribution in [0.2, 0.25) is 0 Å². The summed E-state index contributed by atoms with van der Waals surface area (Å²) in [4.78, 5) is 24.4. The van der Waals surface area contributed by atoms with E-state index in [4.69, 9.17) is 4.74 Å². The van der Waals surface area contributed by atoms with E-state index < -0.39 is 0 Å². The summed E-state index contributed by atoms with van der Waals surface area (Å²) in [6.07, 6.45) is 3.52. The fourth-order valence-corrected chi connectivity index (χ4v) is 2.76. The Balaban J connectivity index is 1.53. The van der Waals surface area contributed by atoms with Crippen LogP contribution in [0.4, 0.5) is 5.95 Å². The van der Waals surface area contributed by atoms with Crippen molar-refractivity contribution in [1.82, 2.24) is 9.97 Å². The van der Waals surface area contributed by atoms with E-state index in [0.29, 0.717) is 6.54 Å². The normalized spacial score (nSPS) is 15.4. The SMILES string of the molecule is COc1ccc(C(=O)C[NH+]2CCN(c3ncccn3)CC2)cc1. The molecule has 120 valence electrons. The van der Waals surface area contributed by atoms with Crippen molar-refractivity contribution in [3.8, 4) is 5.75 Å². The van der Waals surface area contributed by atoms with Crippen LogP contribution in [-0.4, -0.2) is 55.6 Å². The summed E-state index contributed by atoms with van der Waals surface area (Å²) in [7, 11) is 1.62. The summed E-state index contributed by atoms with van der Waals surface area (Å²) < 4.78 is 5.12. The number of anilines is 1. The number of hydrogen-bond acceptors (Lipinski definition) is 5. The number of carbonyl (C=O) groups excluding carboxylic acids is 1. The van der Waals surface area contributed by atoms with E-state index in [2.05, 4.69) is 14.9 Å². The van der Waals surface area contributed by atoms with Crippen molar-refractivity contribution in [2.24, 2.45) is 0 Å². The maximum atomic E-state index is 12.4. The van der Waals surface area contributed by atoms with E-state index in [9.17, 15) is 4.79 Å². The molecule has 23 heavy (non-hydrogen) atoms. The standard InChI is InChI=1S/C17H20N4O2/c1-23-15-5-3-14(4-6-15)16(22)13-20-9-11-21(12-10-20)17-18-7-2-8-19-17/h2-8H,9-13H2,1H3/p+1. The number of ether oxygens (including phenoxy) is 1. The van der Waals surface area contributed by atoms with Gasteiger partial charge in [0.15, 0.2) is 0 Å². The summed E-state index contributed by atoms with van der Waals surface area (Å²) in [6.45, 7) is 4.10. The molecule has 1 fully saturated rings. The molecule has 0 spiro atoms. The molecule has 2 aromatic rings. The van der Waals surface area contributed by atoms with E-state index in [0.717, 1.165) is 43.4 Å². The van der Waals surface area contributed by atoms with Crippen molar-refractivity contribution < 1.29 is 14.4 Å². The summed E-state index contributed by atoms with van der Waals surface area (Å²) in [5.41, 5.74) is 0.743. The molecule has 1 N–H and O–H groups in total. The highest BCUT2D eigenvalue weighted by molar-refractivity contribution is 5.96. The second-order valence-corrected chi connectivity index (χ2v) is 5.61. The molecule has 6 heteroatoms. The lowest BCUT2D eigenvalue weighted by Crippen LogP contribution is -3.15. The third kappa shape index (κ3) is 3.84. The molecule has 0 aliphatic carbocycles. The number of carbonyl (C=O) groups is 1. The number of piperazine rings is 1. The van der Waals surface area contributed by atoms with Crippen molar-refractivity contribution in [1.29, 1.82) is 0 Å². The average Bonchev–Trinajstić information content (AvgIpc) is 2.63. The minimum atomic E-state index is 0.173. The lowest BCUT2D eigenvalue weighted by atomic mass is 10.1. The second kappa shape index (κ2) is 7.19. The third-order valence-electron chi connectivity index (χ3n) is 4.13. The van der Waals surface area contributed by atoms with Crippen LogP contribution < -0.4 is 14.5 Å². The fraction of sp³-hybridized carbons (Fsp3) is 0.353. The van der Waals surface area contributed by atoms with Crippen LogP contribution in [-0.2, 0) is 0 Å². The Kier molecular flexibility index (Phi) is 4.83. The average molecular weight is 313 g/mol. The summed E-state index contributed by atoms with van der Waals surface area (Å²) in [5, 5.41) is 0. The molecule has 1 aromatic heterocycles. The first-order chi connectivity index (χ1) is 11.3. The summed E-state index contributed by atoms with van der Waals surface area (Å²) in [5.74, 6) is 1.71. The molecular weight excluding hydrogens is 292 g/mol. The first kappa shape index (κ1) is 15.4. The van der Waals surface area contributed by atoms with Gasteiger partial charge in [0.05, 0.1) is 33.3 Å². The van der Waals surface area contributed by atoms with Gasteiger partial charge in [0.2, 0.25) is 11.7 Å². The molecule has 0 radical (unpaired) electrons. The molecular formula is C17H21N4O2+. The van der Waals surface area contributed by atoms with Crippen molar-refractivity contribution in [3.63, 3.8) is 0 Å². The Bertz CT molecular complexity index is 637. The molecule has 6 nitrogen and oxygen atoms in total. The lowest BCUT2D eigenvalue weighted by Gasteiger charge is -2.31. The number of rotatable bonds is 5. The molecule has 0 unspecified atom stereocenters. The van der Waals surface area contributed by atoms with Crippen LogP contribution >= 0.6 is 0 Å². The fourth-order valence-electron chi connectivity index (χ4n) is 2.76. The van der Waals surface area contributed by atoms with E-state index in [-0.39, 0.29) is 5.78 Å². The summed E-state index contributed by atoms with van der Waals surface area (Å²) in [6, 6.07) is 9.13. The van der Waals surface area contributed by atoms with E-state index >= 15 is 0 Å². The maximum absolute atomic E-state index is 12.4.